The van der Waals surface area contributed by atoms with E-state index in [0.29, 0.717) is 0 Å². The van der Waals surface area contributed by atoms with Crippen LogP contribution in [0.3, 0.4) is 0 Å². The van der Waals surface area contributed by atoms with Crippen LogP contribution in [0, 0.1) is 0 Å². The van der Waals surface area contributed by atoms with Crippen LogP contribution in [0.1, 0.15) is 26.7 Å². The Bertz CT molecular complexity index is 130. The maximum atomic E-state index is 11.1. The summed E-state index contributed by atoms with van der Waals surface area (Å²) in [6, 6.07) is 0. The first-order valence-electron chi connectivity index (χ1n) is 4.17. The SMILES string of the molecule is C=CC(=O)N(CCC)CCC.S. The van der Waals surface area contributed by atoms with E-state index in [0.717, 1.165) is 25.9 Å². The number of carbonyl (C=O) groups excluding carboxylic acids is 1. The van der Waals surface area contributed by atoms with Gasteiger partial charge in [0.15, 0.2) is 0 Å². The van der Waals surface area contributed by atoms with Crippen molar-refractivity contribution in [2.75, 3.05) is 13.1 Å². The van der Waals surface area contributed by atoms with Gasteiger partial charge in [-0.3, -0.25) is 4.79 Å². The van der Waals surface area contributed by atoms with E-state index in [2.05, 4.69) is 20.4 Å². The summed E-state index contributed by atoms with van der Waals surface area (Å²) in [6.45, 7) is 9.28. The molecule has 0 atom stereocenters. The molecule has 0 aliphatic rings. The molecule has 0 fully saturated rings. The van der Waals surface area contributed by atoms with Crippen molar-refractivity contribution >= 4 is 19.4 Å². The van der Waals surface area contributed by atoms with Gasteiger partial charge in [0.25, 0.3) is 0 Å². The summed E-state index contributed by atoms with van der Waals surface area (Å²) in [6.07, 6.45) is 3.41. The molecule has 0 unspecified atom stereocenters. The lowest BCUT2D eigenvalue weighted by Crippen LogP contribution is -2.30. The first kappa shape index (κ1) is 14.1. The summed E-state index contributed by atoms with van der Waals surface area (Å²) in [5.41, 5.74) is 0. The van der Waals surface area contributed by atoms with Crippen LogP contribution in [0.15, 0.2) is 12.7 Å². The normalized spacial score (nSPS) is 8.50. The lowest BCUT2D eigenvalue weighted by atomic mass is 10.3. The molecule has 0 aromatic heterocycles. The summed E-state index contributed by atoms with van der Waals surface area (Å²) >= 11 is 0. The highest BCUT2D eigenvalue weighted by Crippen LogP contribution is 1.95. The molecule has 2 nitrogen and oxygen atoms in total. The van der Waals surface area contributed by atoms with Crippen molar-refractivity contribution in [1.82, 2.24) is 4.90 Å². The second-order valence-electron chi connectivity index (χ2n) is 2.53. The molecule has 72 valence electrons. The molecule has 0 saturated carbocycles. The van der Waals surface area contributed by atoms with Crippen LogP contribution in [-0.2, 0) is 4.79 Å². The van der Waals surface area contributed by atoms with Gasteiger partial charge in [0.05, 0.1) is 0 Å². The third-order valence-electron chi connectivity index (χ3n) is 1.47. The zero-order valence-corrected chi connectivity index (χ0v) is 8.97. The van der Waals surface area contributed by atoms with E-state index in [1.54, 1.807) is 0 Å². The molecule has 0 bridgehead atoms. The van der Waals surface area contributed by atoms with Crippen LogP contribution in [0.2, 0.25) is 0 Å². The summed E-state index contributed by atoms with van der Waals surface area (Å²) in [5, 5.41) is 0. The summed E-state index contributed by atoms with van der Waals surface area (Å²) in [7, 11) is 0. The van der Waals surface area contributed by atoms with Crippen LogP contribution in [0.4, 0.5) is 0 Å². The lowest BCUT2D eigenvalue weighted by molar-refractivity contribution is -0.126. The number of carbonyl (C=O) groups is 1. The first-order chi connectivity index (χ1) is 5.26. The number of hydrogen-bond donors (Lipinski definition) is 0. The van der Waals surface area contributed by atoms with Crippen LogP contribution >= 0.6 is 13.5 Å². The number of nitrogens with zero attached hydrogens (tertiary/aromatic N) is 1. The van der Waals surface area contributed by atoms with Crippen LogP contribution < -0.4 is 0 Å². The minimum absolute atomic E-state index is 0. The molecule has 0 aliphatic carbocycles. The molecular weight excluding hydrogens is 170 g/mol. The van der Waals surface area contributed by atoms with E-state index >= 15 is 0 Å². The second kappa shape index (κ2) is 8.65. The van der Waals surface area contributed by atoms with Gasteiger partial charge in [0.1, 0.15) is 0 Å². The monoisotopic (exact) mass is 189 g/mol. The Morgan fingerprint density at radius 3 is 2.00 bits per heavy atom. The molecule has 0 aliphatic heterocycles. The van der Waals surface area contributed by atoms with E-state index in [1.807, 2.05) is 4.90 Å². The van der Waals surface area contributed by atoms with Crippen LogP contribution in [0.5, 0.6) is 0 Å². The highest BCUT2D eigenvalue weighted by atomic mass is 32.1. The molecule has 12 heavy (non-hydrogen) atoms. The topological polar surface area (TPSA) is 20.3 Å². The highest BCUT2D eigenvalue weighted by Gasteiger charge is 2.05. The largest absolute Gasteiger partial charge is 0.339 e. The molecule has 3 heteroatoms. The third kappa shape index (κ3) is 5.24. The quantitative estimate of drug-likeness (QED) is 0.605. The van der Waals surface area contributed by atoms with E-state index in [4.69, 9.17) is 0 Å². The zero-order valence-electron chi connectivity index (χ0n) is 7.97. The van der Waals surface area contributed by atoms with E-state index in [9.17, 15) is 4.79 Å². The molecule has 0 saturated heterocycles. The van der Waals surface area contributed by atoms with E-state index < -0.39 is 0 Å². The van der Waals surface area contributed by atoms with Gasteiger partial charge in [-0.2, -0.15) is 13.5 Å². The van der Waals surface area contributed by atoms with Gasteiger partial charge in [-0.15, -0.1) is 0 Å². The third-order valence-corrected chi connectivity index (χ3v) is 1.47. The average molecular weight is 189 g/mol. The number of rotatable bonds is 5. The minimum Gasteiger partial charge on any atom is -0.339 e. The Morgan fingerprint density at radius 1 is 1.33 bits per heavy atom. The van der Waals surface area contributed by atoms with Crippen molar-refractivity contribution in [2.45, 2.75) is 26.7 Å². The minimum atomic E-state index is 0. The van der Waals surface area contributed by atoms with Crippen molar-refractivity contribution in [3.05, 3.63) is 12.7 Å². The van der Waals surface area contributed by atoms with Crippen molar-refractivity contribution in [2.24, 2.45) is 0 Å². The second-order valence-corrected chi connectivity index (χ2v) is 2.53. The first-order valence-corrected chi connectivity index (χ1v) is 4.17. The molecule has 0 heterocycles. The molecular formula is C9H19NOS. The Hall–Kier alpha value is -0.440. The Morgan fingerprint density at radius 2 is 1.75 bits per heavy atom. The maximum Gasteiger partial charge on any atom is 0.245 e. The van der Waals surface area contributed by atoms with Gasteiger partial charge in [0, 0.05) is 13.1 Å². The van der Waals surface area contributed by atoms with Gasteiger partial charge >= 0.3 is 0 Å². The molecule has 0 rings (SSSR count). The van der Waals surface area contributed by atoms with Crippen molar-refractivity contribution in [3.8, 4) is 0 Å². The summed E-state index contributed by atoms with van der Waals surface area (Å²) < 4.78 is 0. The number of amides is 1. The fourth-order valence-electron chi connectivity index (χ4n) is 1.00. The summed E-state index contributed by atoms with van der Waals surface area (Å²) in [4.78, 5) is 12.9. The Kier molecular flexibility index (Phi) is 10.2. The van der Waals surface area contributed by atoms with Gasteiger partial charge in [0.2, 0.25) is 5.91 Å². The highest BCUT2D eigenvalue weighted by molar-refractivity contribution is 7.59. The van der Waals surface area contributed by atoms with Gasteiger partial charge in [-0.1, -0.05) is 20.4 Å². The van der Waals surface area contributed by atoms with Crippen LogP contribution in [0.25, 0.3) is 0 Å². The van der Waals surface area contributed by atoms with Crippen molar-refractivity contribution in [1.29, 1.82) is 0 Å². The van der Waals surface area contributed by atoms with Gasteiger partial charge in [-0.25, -0.2) is 0 Å². The molecule has 0 aromatic rings. The molecule has 1 amide bonds. The van der Waals surface area contributed by atoms with Crippen molar-refractivity contribution < 1.29 is 4.79 Å². The van der Waals surface area contributed by atoms with Crippen molar-refractivity contribution in [3.63, 3.8) is 0 Å². The van der Waals surface area contributed by atoms with Gasteiger partial charge < -0.3 is 4.90 Å². The Balaban J connectivity index is 0. The van der Waals surface area contributed by atoms with E-state index in [1.165, 1.54) is 6.08 Å². The standard InChI is InChI=1S/C9H17NO.H2S/c1-4-7-10(8-5-2)9(11)6-3;/h6H,3-5,7-8H2,1-2H3;1H2. The Labute approximate surface area is 82.1 Å². The molecule has 0 radical (unpaired) electrons. The number of hydrogen-bond acceptors (Lipinski definition) is 1. The lowest BCUT2D eigenvalue weighted by Gasteiger charge is -2.18. The predicted molar refractivity (Wildman–Crippen MR) is 57.7 cm³/mol. The maximum absolute atomic E-state index is 11.1. The molecule has 0 aromatic carbocycles. The van der Waals surface area contributed by atoms with E-state index in [-0.39, 0.29) is 19.4 Å². The average Bonchev–Trinajstić information content (AvgIpc) is 2.03. The molecule has 0 N–H and O–H groups in total. The fraction of sp³-hybridized carbons (Fsp3) is 0.667. The molecule has 0 spiro atoms. The summed E-state index contributed by atoms with van der Waals surface area (Å²) in [5.74, 6) is 0.0497. The zero-order chi connectivity index (χ0) is 8.69. The van der Waals surface area contributed by atoms with Crippen LogP contribution in [-0.4, -0.2) is 23.9 Å². The van der Waals surface area contributed by atoms with Gasteiger partial charge in [-0.05, 0) is 18.9 Å². The smallest absolute Gasteiger partial charge is 0.245 e. The fourth-order valence-corrected chi connectivity index (χ4v) is 1.00. The predicted octanol–water partition coefficient (Wildman–Crippen LogP) is 1.93.